The van der Waals surface area contributed by atoms with Gasteiger partial charge in [0.05, 0.1) is 5.69 Å². The van der Waals surface area contributed by atoms with Crippen molar-refractivity contribution >= 4 is 5.82 Å². The van der Waals surface area contributed by atoms with Gasteiger partial charge in [0.1, 0.15) is 11.6 Å². The third kappa shape index (κ3) is 1.68. The second-order valence-corrected chi connectivity index (χ2v) is 4.85. The number of aromatic nitrogens is 2. The first-order chi connectivity index (χ1) is 8.66. The smallest absolute Gasteiger partial charge is 0.136 e. The molecule has 1 heterocycles. The Bertz CT molecular complexity index is 582. The second-order valence-electron chi connectivity index (χ2n) is 4.85. The summed E-state index contributed by atoms with van der Waals surface area (Å²) < 4.78 is 16.1. The number of nitrogen functional groups attached to an aromatic ring is 1. The summed E-state index contributed by atoms with van der Waals surface area (Å²) in [6.45, 7) is 0. The number of nitrogens with zero attached hydrogens (tertiary/aromatic N) is 2. The summed E-state index contributed by atoms with van der Waals surface area (Å²) in [6, 6.07) is 5.56. The molecular formula is C14H16FN3. The summed E-state index contributed by atoms with van der Waals surface area (Å²) in [7, 11) is 1.76. The summed E-state index contributed by atoms with van der Waals surface area (Å²) in [6.07, 6.45) is 4.04. The number of benzene rings is 1. The molecule has 4 heteroatoms. The first-order valence-corrected chi connectivity index (χ1v) is 6.27. The summed E-state index contributed by atoms with van der Waals surface area (Å²) in [5, 5.41) is 4.24. The predicted molar refractivity (Wildman–Crippen MR) is 69.7 cm³/mol. The van der Waals surface area contributed by atoms with Gasteiger partial charge in [0.2, 0.25) is 0 Å². The maximum absolute atomic E-state index is 14.5. The Hall–Kier alpha value is -1.84. The van der Waals surface area contributed by atoms with E-state index in [1.54, 1.807) is 17.8 Å². The first-order valence-electron chi connectivity index (χ1n) is 6.27. The number of rotatable bonds is 1. The van der Waals surface area contributed by atoms with E-state index in [9.17, 15) is 4.39 Å². The summed E-state index contributed by atoms with van der Waals surface area (Å²) in [4.78, 5) is 0. The van der Waals surface area contributed by atoms with Crippen molar-refractivity contribution in [2.45, 2.75) is 25.7 Å². The Kier molecular flexibility index (Phi) is 2.58. The number of hydrogen-bond donors (Lipinski definition) is 1. The minimum absolute atomic E-state index is 0.120. The molecular weight excluding hydrogens is 229 g/mol. The number of anilines is 1. The zero-order chi connectivity index (χ0) is 12.7. The minimum atomic E-state index is -0.120. The van der Waals surface area contributed by atoms with Crippen molar-refractivity contribution in [2.75, 3.05) is 5.73 Å². The Balaban J connectivity index is 2.13. The van der Waals surface area contributed by atoms with Gasteiger partial charge in [-0.05, 0) is 42.9 Å². The highest BCUT2D eigenvalue weighted by molar-refractivity contribution is 5.65. The number of aryl methyl sites for hydroxylation is 2. The molecule has 2 aromatic rings. The fourth-order valence-corrected chi connectivity index (χ4v) is 2.59. The van der Waals surface area contributed by atoms with Gasteiger partial charge in [-0.2, -0.15) is 5.10 Å². The van der Waals surface area contributed by atoms with Crippen LogP contribution in [0.3, 0.4) is 0 Å². The van der Waals surface area contributed by atoms with Crippen LogP contribution in [0.5, 0.6) is 0 Å². The molecule has 0 unspecified atom stereocenters. The fraction of sp³-hybridized carbons (Fsp3) is 0.357. The SMILES string of the molecule is Cn1nc(-c2ccc3c(c2F)CCCC3)cc1N. The first kappa shape index (κ1) is 11.3. The molecule has 0 aliphatic heterocycles. The Morgan fingerprint density at radius 2 is 2.06 bits per heavy atom. The van der Waals surface area contributed by atoms with Gasteiger partial charge in [-0.3, -0.25) is 4.68 Å². The third-order valence-corrected chi connectivity index (χ3v) is 3.66. The van der Waals surface area contributed by atoms with Gasteiger partial charge in [0.25, 0.3) is 0 Å². The lowest BCUT2D eigenvalue weighted by Crippen LogP contribution is -2.06. The van der Waals surface area contributed by atoms with Crippen molar-refractivity contribution in [3.05, 3.63) is 35.1 Å². The molecule has 1 aromatic heterocycles. The molecule has 3 nitrogen and oxygen atoms in total. The van der Waals surface area contributed by atoms with Crippen LogP contribution in [0.4, 0.5) is 10.2 Å². The van der Waals surface area contributed by atoms with Gasteiger partial charge in [-0.15, -0.1) is 0 Å². The van der Waals surface area contributed by atoms with Crippen LogP contribution in [-0.2, 0) is 19.9 Å². The molecule has 3 rings (SSSR count). The molecule has 1 aliphatic carbocycles. The Labute approximate surface area is 105 Å². The zero-order valence-electron chi connectivity index (χ0n) is 10.4. The van der Waals surface area contributed by atoms with E-state index in [1.165, 1.54) is 0 Å². The standard InChI is InChI=1S/C14H16FN3/c1-18-13(16)8-12(17-18)11-7-6-9-4-2-3-5-10(9)14(11)15/h6-8H,2-5,16H2,1H3. The lowest BCUT2D eigenvalue weighted by atomic mass is 9.89. The molecule has 0 atom stereocenters. The molecule has 18 heavy (non-hydrogen) atoms. The minimum Gasteiger partial charge on any atom is -0.384 e. The topological polar surface area (TPSA) is 43.8 Å². The van der Waals surface area contributed by atoms with Crippen LogP contribution >= 0.6 is 0 Å². The van der Waals surface area contributed by atoms with Crippen molar-refractivity contribution in [1.29, 1.82) is 0 Å². The molecule has 0 fully saturated rings. The maximum Gasteiger partial charge on any atom is 0.136 e. The molecule has 0 bridgehead atoms. The highest BCUT2D eigenvalue weighted by Gasteiger charge is 2.18. The van der Waals surface area contributed by atoms with Crippen molar-refractivity contribution in [2.24, 2.45) is 7.05 Å². The largest absolute Gasteiger partial charge is 0.384 e. The molecule has 0 radical (unpaired) electrons. The number of hydrogen-bond acceptors (Lipinski definition) is 2. The number of halogens is 1. The van der Waals surface area contributed by atoms with Gasteiger partial charge in [-0.1, -0.05) is 6.07 Å². The average molecular weight is 245 g/mol. The normalized spacial score (nSPS) is 14.6. The van der Waals surface area contributed by atoms with E-state index in [1.807, 2.05) is 12.1 Å². The number of nitrogens with two attached hydrogens (primary N) is 1. The molecule has 0 saturated heterocycles. The maximum atomic E-state index is 14.5. The van der Waals surface area contributed by atoms with Crippen LogP contribution in [0.15, 0.2) is 18.2 Å². The van der Waals surface area contributed by atoms with E-state index in [0.29, 0.717) is 17.1 Å². The van der Waals surface area contributed by atoms with E-state index in [4.69, 9.17) is 5.73 Å². The second kappa shape index (κ2) is 4.12. The molecule has 1 aliphatic rings. The highest BCUT2D eigenvalue weighted by Crippen LogP contribution is 2.31. The van der Waals surface area contributed by atoms with Gasteiger partial charge in [0, 0.05) is 18.7 Å². The van der Waals surface area contributed by atoms with E-state index in [2.05, 4.69) is 5.10 Å². The van der Waals surface area contributed by atoms with E-state index in [-0.39, 0.29) is 5.82 Å². The van der Waals surface area contributed by atoms with E-state index >= 15 is 0 Å². The molecule has 2 N–H and O–H groups in total. The van der Waals surface area contributed by atoms with Gasteiger partial charge in [-0.25, -0.2) is 4.39 Å². The number of fused-ring (bicyclic) bond motifs is 1. The van der Waals surface area contributed by atoms with Gasteiger partial charge in [0.15, 0.2) is 0 Å². The monoisotopic (exact) mass is 245 g/mol. The van der Waals surface area contributed by atoms with Crippen molar-refractivity contribution in [3.8, 4) is 11.3 Å². The Morgan fingerprint density at radius 1 is 1.28 bits per heavy atom. The molecule has 0 saturated carbocycles. The van der Waals surface area contributed by atoms with Crippen molar-refractivity contribution < 1.29 is 4.39 Å². The summed E-state index contributed by atoms with van der Waals surface area (Å²) in [5.74, 6) is 0.424. The van der Waals surface area contributed by atoms with Gasteiger partial charge < -0.3 is 5.73 Å². The fourth-order valence-electron chi connectivity index (χ4n) is 2.59. The molecule has 1 aromatic carbocycles. The zero-order valence-corrected chi connectivity index (χ0v) is 10.4. The summed E-state index contributed by atoms with van der Waals surface area (Å²) >= 11 is 0. The molecule has 0 spiro atoms. The Morgan fingerprint density at radius 3 is 2.78 bits per heavy atom. The van der Waals surface area contributed by atoms with Crippen LogP contribution < -0.4 is 5.73 Å². The van der Waals surface area contributed by atoms with Crippen LogP contribution in [0.2, 0.25) is 0 Å². The van der Waals surface area contributed by atoms with Crippen LogP contribution in [0.25, 0.3) is 11.3 Å². The lowest BCUT2D eigenvalue weighted by Gasteiger charge is -2.17. The molecule has 0 amide bonds. The third-order valence-electron chi connectivity index (χ3n) is 3.66. The summed E-state index contributed by atoms with van der Waals surface area (Å²) in [5.41, 5.74) is 8.92. The van der Waals surface area contributed by atoms with Crippen LogP contribution in [0.1, 0.15) is 24.0 Å². The van der Waals surface area contributed by atoms with E-state index in [0.717, 1.165) is 36.8 Å². The quantitative estimate of drug-likeness (QED) is 0.839. The van der Waals surface area contributed by atoms with Crippen LogP contribution in [0, 0.1) is 5.82 Å². The van der Waals surface area contributed by atoms with Crippen molar-refractivity contribution in [3.63, 3.8) is 0 Å². The highest BCUT2D eigenvalue weighted by atomic mass is 19.1. The van der Waals surface area contributed by atoms with Gasteiger partial charge >= 0.3 is 0 Å². The lowest BCUT2D eigenvalue weighted by molar-refractivity contribution is 0.581. The predicted octanol–water partition coefficient (Wildman–Crippen LogP) is 2.69. The average Bonchev–Trinajstić information content (AvgIpc) is 2.70. The van der Waals surface area contributed by atoms with E-state index < -0.39 is 0 Å². The van der Waals surface area contributed by atoms with Crippen LogP contribution in [-0.4, -0.2) is 9.78 Å². The van der Waals surface area contributed by atoms with Crippen molar-refractivity contribution in [1.82, 2.24) is 9.78 Å². The molecule has 94 valence electrons.